The van der Waals surface area contributed by atoms with Crippen molar-refractivity contribution in [3.05, 3.63) is 130 Å². The number of hydrogen-bond donors (Lipinski definition) is 0. The molecule has 0 bridgehead atoms. The standard InChI is InChI=1S/C30H28O3/c1-21-19-26(15-17-28(21)32-4)30(24-11-7-5-8-12-24,25-13-9-6-10-14-25)27-16-18-29(22(2)20-27)33-23(3)31/h5-20H,1-4H3. The van der Waals surface area contributed by atoms with Crippen LogP contribution in [0.15, 0.2) is 97.1 Å². The van der Waals surface area contributed by atoms with Crippen LogP contribution >= 0.6 is 0 Å². The first-order valence-electron chi connectivity index (χ1n) is 11.0. The molecule has 0 radical (unpaired) electrons. The first-order valence-corrected chi connectivity index (χ1v) is 11.0. The molecule has 3 heteroatoms. The molecule has 33 heavy (non-hydrogen) atoms. The molecule has 0 aliphatic carbocycles. The average Bonchev–Trinajstić information content (AvgIpc) is 2.82. The molecule has 166 valence electrons. The molecule has 0 saturated heterocycles. The Balaban J connectivity index is 2.08. The third-order valence-electron chi connectivity index (χ3n) is 6.10. The lowest BCUT2D eigenvalue weighted by Crippen LogP contribution is -2.31. The molecule has 0 fully saturated rings. The van der Waals surface area contributed by atoms with Crippen LogP contribution in [0.2, 0.25) is 0 Å². The van der Waals surface area contributed by atoms with E-state index in [1.165, 1.54) is 6.92 Å². The van der Waals surface area contributed by atoms with Gasteiger partial charge in [-0.3, -0.25) is 4.79 Å². The summed E-state index contributed by atoms with van der Waals surface area (Å²) in [6.07, 6.45) is 0. The first-order chi connectivity index (χ1) is 16.0. The van der Waals surface area contributed by atoms with E-state index in [1.54, 1.807) is 7.11 Å². The van der Waals surface area contributed by atoms with Gasteiger partial charge in [0.15, 0.2) is 0 Å². The van der Waals surface area contributed by atoms with Gasteiger partial charge in [-0.2, -0.15) is 0 Å². The Hall–Kier alpha value is -3.85. The molecular weight excluding hydrogens is 408 g/mol. The number of hydrogen-bond acceptors (Lipinski definition) is 3. The first kappa shape index (κ1) is 22.3. The van der Waals surface area contributed by atoms with Gasteiger partial charge in [0.05, 0.1) is 12.5 Å². The number of aryl methyl sites for hydroxylation is 2. The van der Waals surface area contributed by atoms with Crippen molar-refractivity contribution >= 4 is 5.97 Å². The summed E-state index contributed by atoms with van der Waals surface area (Å²) >= 11 is 0. The van der Waals surface area contributed by atoms with Crippen LogP contribution in [0, 0.1) is 13.8 Å². The van der Waals surface area contributed by atoms with E-state index in [0.717, 1.165) is 39.1 Å². The van der Waals surface area contributed by atoms with E-state index in [9.17, 15) is 4.79 Å². The van der Waals surface area contributed by atoms with Gasteiger partial charge in [0.2, 0.25) is 0 Å². The fourth-order valence-electron chi connectivity index (χ4n) is 4.64. The molecule has 0 atom stereocenters. The van der Waals surface area contributed by atoms with Crippen molar-refractivity contribution in [1.82, 2.24) is 0 Å². The third kappa shape index (κ3) is 4.14. The zero-order valence-electron chi connectivity index (χ0n) is 19.5. The molecule has 0 saturated carbocycles. The van der Waals surface area contributed by atoms with E-state index in [0.29, 0.717) is 5.75 Å². The number of ether oxygens (including phenoxy) is 2. The summed E-state index contributed by atoms with van der Waals surface area (Å²) < 4.78 is 11.0. The van der Waals surface area contributed by atoms with Crippen LogP contribution in [0.3, 0.4) is 0 Å². The molecule has 3 nitrogen and oxygen atoms in total. The summed E-state index contributed by atoms with van der Waals surface area (Å²) in [5.74, 6) is 1.11. The summed E-state index contributed by atoms with van der Waals surface area (Å²) in [4.78, 5) is 11.6. The fraction of sp³-hybridized carbons (Fsp3) is 0.167. The monoisotopic (exact) mass is 436 g/mol. The molecule has 0 aromatic heterocycles. The molecule has 0 amide bonds. The number of esters is 1. The van der Waals surface area contributed by atoms with Crippen LogP contribution in [-0.4, -0.2) is 13.1 Å². The molecule has 4 rings (SSSR count). The van der Waals surface area contributed by atoms with Gasteiger partial charge < -0.3 is 9.47 Å². The highest BCUT2D eigenvalue weighted by atomic mass is 16.5. The Bertz CT molecular complexity index is 1220. The zero-order valence-corrected chi connectivity index (χ0v) is 19.5. The maximum atomic E-state index is 11.6. The number of carbonyl (C=O) groups is 1. The zero-order chi connectivity index (χ0) is 23.4. The van der Waals surface area contributed by atoms with E-state index in [4.69, 9.17) is 9.47 Å². The van der Waals surface area contributed by atoms with Gasteiger partial charge in [-0.25, -0.2) is 0 Å². The Morgan fingerprint density at radius 1 is 0.636 bits per heavy atom. The number of benzene rings is 4. The minimum Gasteiger partial charge on any atom is -0.496 e. The summed E-state index contributed by atoms with van der Waals surface area (Å²) in [6.45, 7) is 5.46. The summed E-state index contributed by atoms with van der Waals surface area (Å²) in [7, 11) is 1.70. The van der Waals surface area contributed by atoms with Crippen LogP contribution in [0.5, 0.6) is 11.5 Å². The average molecular weight is 437 g/mol. The Kier molecular flexibility index (Phi) is 6.32. The lowest BCUT2D eigenvalue weighted by atomic mass is 9.64. The molecule has 4 aromatic rings. The van der Waals surface area contributed by atoms with Gasteiger partial charge in [0.1, 0.15) is 11.5 Å². The van der Waals surface area contributed by atoms with Crippen molar-refractivity contribution < 1.29 is 14.3 Å². The minimum absolute atomic E-state index is 0.325. The summed E-state index contributed by atoms with van der Waals surface area (Å²) in [5.41, 5.74) is 5.94. The maximum Gasteiger partial charge on any atom is 0.308 e. The summed E-state index contributed by atoms with van der Waals surface area (Å²) in [5, 5.41) is 0. The molecule has 0 spiro atoms. The SMILES string of the molecule is COc1ccc(C(c2ccccc2)(c2ccccc2)c2ccc(OC(C)=O)c(C)c2)cc1C. The second-order valence-corrected chi connectivity index (χ2v) is 8.24. The van der Waals surface area contributed by atoms with Crippen molar-refractivity contribution in [1.29, 1.82) is 0 Å². The Labute approximate surface area is 195 Å². The third-order valence-corrected chi connectivity index (χ3v) is 6.10. The largest absolute Gasteiger partial charge is 0.496 e. The molecule has 0 aliphatic heterocycles. The van der Waals surface area contributed by atoms with Crippen LogP contribution in [0.25, 0.3) is 0 Å². The van der Waals surface area contributed by atoms with E-state index in [-0.39, 0.29) is 5.97 Å². The van der Waals surface area contributed by atoms with Crippen molar-refractivity contribution in [3.8, 4) is 11.5 Å². The maximum absolute atomic E-state index is 11.6. The molecule has 0 unspecified atom stereocenters. The lowest BCUT2D eigenvalue weighted by molar-refractivity contribution is -0.131. The van der Waals surface area contributed by atoms with E-state index in [1.807, 2.05) is 31.2 Å². The van der Waals surface area contributed by atoms with E-state index >= 15 is 0 Å². The predicted molar refractivity (Wildman–Crippen MR) is 132 cm³/mol. The molecule has 4 aromatic carbocycles. The van der Waals surface area contributed by atoms with Crippen LogP contribution in [0.1, 0.15) is 40.3 Å². The molecule has 0 N–H and O–H groups in total. The van der Waals surface area contributed by atoms with Crippen LogP contribution < -0.4 is 9.47 Å². The van der Waals surface area contributed by atoms with Gasteiger partial charge in [-0.1, -0.05) is 84.9 Å². The Morgan fingerprint density at radius 3 is 1.48 bits per heavy atom. The minimum atomic E-state index is -0.570. The highest BCUT2D eigenvalue weighted by Gasteiger charge is 2.38. The predicted octanol–water partition coefficient (Wildman–Crippen LogP) is 6.62. The highest BCUT2D eigenvalue weighted by Crippen LogP contribution is 2.46. The van der Waals surface area contributed by atoms with Gasteiger partial charge in [-0.05, 0) is 59.4 Å². The Morgan fingerprint density at radius 2 is 1.09 bits per heavy atom. The van der Waals surface area contributed by atoms with Crippen LogP contribution in [-0.2, 0) is 10.2 Å². The van der Waals surface area contributed by atoms with Crippen LogP contribution in [0.4, 0.5) is 0 Å². The van der Waals surface area contributed by atoms with Gasteiger partial charge in [0.25, 0.3) is 0 Å². The number of carbonyl (C=O) groups excluding carboxylic acids is 1. The van der Waals surface area contributed by atoms with Gasteiger partial charge >= 0.3 is 5.97 Å². The smallest absolute Gasteiger partial charge is 0.308 e. The topological polar surface area (TPSA) is 35.5 Å². The molecular formula is C30H28O3. The quantitative estimate of drug-likeness (QED) is 0.194. The number of methoxy groups -OCH3 is 1. The fourth-order valence-corrected chi connectivity index (χ4v) is 4.64. The second-order valence-electron chi connectivity index (χ2n) is 8.24. The van der Waals surface area contributed by atoms with E-state index in [2.05, 4.69) is 79.7 Å². The van der Waals surface area contributed by atoms with E-state index < -0.39 is 5.41 Å². The normalized spacial score (nSPS) is 11.2. The second kappa shape index (κ2) is 9.33. The van der Waals surface area contributed by atoms with Gasteiger partial charge in [-0.15, -0.1) is 0 Å². The number of rotatable bonds is 6. The van der Waals surface area contributed by atoms with Crippen molar-refractivity contribution in [2.24, 2.45) is 0 Å². The van der Waals surface area contributed by atoms with Gasteiger partial charge in [0, 0.05) is 6.92 Å². The summed E-state index contributed by atoms with van der Waals surface area (Å²) in [6, 6.07) is 33.5. The van der Waals surface area contributed by atoms with Crippen molar-refractivity contribution in [2.45, 2.75) is 26.2 Å². The molecule has 0 aliphatic rings. The van der Waals surface area contributed by atoms with Crippen molar-refractivity contribution in [3.63, 3.8) is 0 Å². The lowest BCUT2D eigenvalue weighted by Gasteiger charge is -2.37. The van der Waals surface area contributed by atoms with Crippen molar-refractivity contribution in [2.75, 3.05) is 7.11 Å². The highest BCUT2D eigenvalue weighted by molar-refractivity contribution is 5.70. The molecule has 0 heterocycles.